The Bertz CT molecular complexity index is 510. The zero-order valence-electron chi connectivity index (χ0n) is 13.6. The Morgan fingerprint density at radius 3 is 2.57 bits per heavy atom. The molecule has 0 atom stereocenters. The number of carbonyl (C=O) groups excluding carboxylic acids is 1. The lowest BCUT2D eigenvalue weighted by atomic mass is 9.71. The number of rotatable bonds is 4. The van der Waals surface area contributed by atoms with E-state index in [-0.39, 0.29) is 5.91 Å². The van der Waals surface area contributed by atoms with Crippen LogP contribution in [0.25, 0.3) is 0 Å². The highest BCUT2D eigenvalue weighted by molar-refractivity contribution is 5.95. The zero-order chi connectivity index (χ0) is 15.7. The molecule has 0 saturated heterocycles. The summed E-state index contributed by atoms with van der Waals surface area (Å²) in [5.41, 5.74) is 0.945. The van der Waals surface area contributed by atoms with Crippen molar-refractivity contribution in [3.63, 3.8) is 0 Å². The lowest BCUT2D eigenvalue weighted by molar-refractivity contribution is -0.0233. The van der Waals surface area contributed by atoms with Gasteiger partial charge < -0.3 is 10.4 Å². The molecule has 1 aromatic heterocycles. The highest BCUT2D eigenvalue weighted by atomic mass is 16.3. The maximum absolute atomic E-state index is 12.3. The second-order valence-corrected chi connectivity index (χ2v) is 7.09. The third kappa shape index (κ3) is 3.84. The molecule has 1 fully saturated rings. The smallest absolute Gasteiger partial charge is 0.254 e. The summed E-state index contributed by atoms with van der Waals surface area (Å²) < 4.78 is 1.66. The monoisotopic (exact) mass is 293 g/mol. The molecule has 0 radical (unpaired) electrons. The van der Waals surface area contributed by atoms with E-state index in [1.165, 1.54) is 0 Å². The van der Waals surface area contributed by atoms with E-state index in [2.05, 4.69) is 24.3 Å². The second-order valence-electron chi connectivity index (χ2n) is 7.09. The highest BCUT2D eigenvalue weighted by Gasteiger charge is 2.36. The van der Waals surface area contributed by atoms with Gasteiger partial charge in [-0.25, -0.2) is 0 Å². The van der Waals surface area contributed by atoms with Crippen molar-refractivity contribution < 1.29 is 9.90 Å². The molecule has 1 heterocycles. The minimum absolute atomic E-state index is 0.141. The van der Waals surface area contributed by atoms with Gasteiger partial charge in [0.2, 0.25) is 0 Å². The molecule has 5 nitrogen and oxygen atoms in total. The van der Waals surface area contributed by atoms with Crippen LogP contribution in [0.5, 0.6) is 0 Å². The number of nitrogens with zero attached hydrogens (tertiary/aromatic N) is 2. The van der Waals surface area contributed by atoms with Gasteiger partial charge in [-0.2, -0.15) is 5.10 Å². The topological polar surface area (TPSA) is 67.2 Å². The summed E-state index contributed by atoms with van der Waals surface area (Å²) in [5.74, 6) is -0.141. The first-order valence-electron chi connectivity index (χ1n) is 7.78. The van der Waals surface area contributed by atoms with Crippen molar-refractivity contribution in [1.82, 2.24) is 15.1 Å². The first kappa shape index (κ1) is 16.0. The molecule has 0 bridgehead atoms. The van der Waals surface area contributed by atoms with Crippen LogP contribution in [-0.2, 0) is 13.5 Å². The van der Waals surface area contributed by atoms with Gasteiger partial charge in [0.1, 0.15) is 0 Å². The quantitative estimate of drug-likeness (QED) is 0.892. The lowest BCUT2D eigenvalue weighted by Gasteiger charge is -2.40. The number of carbonyl (C=O) groups is 1. The van der Waals surface area contributed by atoms with Gasteiger partial charge in [-0.05, 0) is 37.5 Å². The predicted molar refractivity (Wildman–Crippen MR) is 82.1 cm³/mol. The van der Waals surface area contributed by atoms with Gasteiger partial charge in [0.05, 0.1) is 16.9 Å². The van der Waals surface area contributed by atoms with Gasteiger partial charge in [-0.1, -0.05) is 20.8 Å². The Kier molecular flexibility index (Phi) is 4.42. The first-order valence-corrected chi connectivity index (χ1v) is 7.78. The van der Waals surface area contributed by atoms with Crippen molar-refractivity contribution in [2.45, 2.75) is 58.5 Å². The summed E-state index contributed by atoms with van der Waals surface area (Å²) in [6.45, 7) is 6.76. The van der Waals surface area contributed by atoms with Crippen molar-refractivity contribution in [1.29, 1.82) is 0 Å². The molecule has 21 heavy (non-hydrogen) atoms. The number of aromatic nitrogens is 2. The van der Waals surface area contributed by atoms with Gasteiger partial charge in [0.15, 0.2) is 0 Å². The molecule has 1 saturated carbocycles. The fourth-order valence-corrected chi connectivity index (χ4v) is 2.89. The Labute approximate surface area is 126 Å². The average Bonchev–Trinajstić information content (AvgIpc) is 2.81. The molecule has 1 aromatic rings. The van der Waals surface area contributed by atoms with Crippen LogP contribution in [0.3, 0.4) is 0 Å². The van der Waals surface area contributed by atoms with Crippen LogP contribution in [0.2, 0.25) is 0 Å². The maximum atomic E-state index is 12.3. The third-order valence-corrected chi connectivity index (χ3v) is 4.60. The zero-order valence-corrected chi connectivity index (χ0v) is 13.6. The normalized spacial score (nSPS) is 20.2. The van der Waals surface area contributed by atoms with Gasteiger partial charge in [0, 0.05) is 19.8 Å². The fourth-order valence-electron chi connectivity index (χ4n) is 2.89. The second kappa shape index (κ2) is 5.79. The number of hydrogen-bond acceptors (Lipinski definition) is 3. The molecule has 0 aromatic carbocycles. The molecular formula is C16H27N3O2. The summed E-state index contributed by atoms with van der Waals surface area (Å²) in [7, 11) is 1.81. The molecular weight excluding hydrogens is 266 g/mol. The van der Waals surface area contributed by atoms with Crippen LogP contribution >= 0.6 is 0 Å². The van der Waals surface area contributed by atoms with Gasteiger partial charge in [0.25, 0.3) is 5.91 Å². The molecule has 2 rings (SSSR count). The molecule has 0 spiro atoms. The first-order chi connectivity index (χ1) is 9.75. The molecule has 5 heteroatoms. The van der Waals surface area contributed by atoms with Crippen LogP contribution in [0, 0.1) is 5.41 Å². The van der Waals surface area contributed by atoms with Crippen LogP contribution in [0.15, 0.2) is 6.20 Å². The highest BCUT2D eigenvalue weighted by Crippen LogP contribution is 2.39. The average molecular weight is 293 g/mol. The standard InChI is InChI=1S/C16H27N3O2/c1-5-13-12(10-19(4)18-13)14(20)17-11-16(21)8-6-15(2,3)7-9-16/h10,21H,5-9,11H2,1-4H3,(H,17,20). The number of nitrogens with one attached hydrogen (secondary N) is 1. The Morgan fingerprint density at radius 2 is 2.00 bits per heavy atom. The van der Waals surface area contributed by atoms with Crippen molar-refractivity contribution >= 4 is 5.91 Å². The molecule has 2 N–H and O–H groups in total. The Morgan fingerprint density at radius 1 is 1.38 bits per heavy atom. The van der Waals surface area contributed by atoms with E-state index in [0.717, 1.165) is 37.8 Å². The number of hydrogen-bond donors (Lipinski definition) is 2. The van der Waals surface area contributed by atoms with E-state index < -0.39 is 5.60 Å². The Balaban J connectivity index is 1.95. The molecule has 118 valence electrons. The summed E-state index contributed by atoms with van der Waals surface area (Å²) in [4.78, 5) is 12.3. The summed E-state index contributed by atoms with van der Waals surface area (Å²) in [6, 6.07) is 0. The third-order valence-electron chi connectivity index (χ3n) is 4.60. The van der Waals surface area contributed by atoms with E-state index in [1.807, 2.05) is 14.0 Å². The SMILES string of the molecule is CCc1nn(C)cc1C(=O)NCC1(O)CCC(C)(C)CC1. The molecule has 1 aliphatic rings. The molecule has 0 aliphatic heterocycles. The van der Waals surface area contributed by atoms with Crippen LogP contribution in [0.4, 0.5) is 0 Å². The van der Waals surface area contributed by atoms with Crippen LogP contribution < -0.4 is 5.32 Å². The van der Waals surface area contributed by atoms with Crippen molar-refractivity contribution in [3.8, 4) is 0 Å². The fraction of sp³-hybridized carbons (Fsp3) is 0.750. The molecule has 1 aliphatic carbocycles. The summed E-state index contributed by atoms with van der Waals surface area (Å²) in [5, 5.41) is 17.8. The van der Waals surface area contributed by atoms with Crippen molar-refractivity contribution in [2.24, 2.45) is 12.5 Å². The largest absolute Gasteiger partial charge is 0.388 e. The van der Waals surface area contributed by atoms with E-state index >= 15 is 0 Å². The van der Waals surface area contributed by atoms with Crippen LogP contribution in [0.1, 0.15) is 62.5 Å². The summed E-state index contributed by atoms with van der Waals surface area (Å²) in [6.07, 6.45) is 5.94. The van der Waals surface area contributed by atoms with E-state index in [4.69, 9.17) is 0 Å². The minimum atomic E-state index is -0.764. The number of aliphatic hydroxyl groups is 1. The van der Waals surface area contributed by atoms with E-state index in [1.54, 1.807) is 10.9 Å². The van der Waals surface area contributed by atoms with Crippen LogP contribution in [-0.4, -0.2) is 32.9 Å². The summed E-state index contributed by atoms with van der Waals surface area (Å²) >= 11 is 0. The van der Waals surface area contributed by atoms with Gasteiger partial charge in [-0.15, -0.1) is 0 Å². The maximum Gasteiger partial charge on any atom is 0.254 e. The van der Waals surface area contributed by atoms with E-state index in [0.29, 0.717) is 17.5 Å². The lowest BCUT2D eigenvalue weighted by Crippen LogP contribution is -2.46. The molecule has 0 unspecified atom stereocenters. The van der Waals surface area contributed by atoms with Gasteiger partial charge >= 0.3 is 0 Å². The van der Waals surface area contributed by atoms with Crippen molar-refractivity contribution in [2.75, 3.05) is 6.54 Å². The predicted octanol–water partition coefficient (Wildman–Crippen LogP) is 2.04. The minimum Gasteiger partial charge on any atom is -0.388 e. The molecule has 1 amide bonds. The van der Waals surface area contributed by atoms with Crippen molar-refractivity contribution in [3.05, 3.63) is 17.5 Å². The number of amides is 1. The Hall–Kier alpha value is -1.36. The number of aryl methyl sites for hydroxylation is 2. The van der Waals surface area contributed by atoms with E-state index in [9.17, 15) is 9.90 Å². The van der Waals surface area contributed by atoms with Gasteiger partial charge in [-0.3, -0.25) is 9.48 Å².